The van der Waals surface area contributed by atoms with Crippen molar-refractivity contribution in [2.24, 2.45) is 4.99 Å². The largest absolute Gasteiger partial charge is 0.355 e. The van der Waals surface area contributed by atoms with Crippen molar-refractivity contribution in [1.29, 1.82) is 0 Å². The van der Waals surface area contributed by atoms with E-state index in [4.69, 9.17) is 0 Å². The second-order valence-corrected chi connectivity index (χ2v) is 8.33. The van der Waals surface area contributed by atoms with Gasteiger partial charge in [-0.1, -0.05) is 6.07 Å². The first-order chi connectivity index (χ1) is 12.2. The maximum absolute atomic E-state index is 4.42. The number of guanidine groups is 1. The SMILES string of the molecule is CN=C(NCC(c1cccs1)N1CCCC1)NCC(C)N(C)C1CC1. The number of thiophene rings is 1. The van der Waals surface area contributed by atoms with Gasteiger partial charge in [0.15, 0.2) is 5.96 Å². The lowest BCUT2D eigenvalue weighted by molar-refractivity contribution is 0.244. The summed E-state index contributed by atoms with van der Waals surface area (Å²) in [5.41, 5.74) is 0. The van der Waals surface area contributed by atoms with E-state index >= 15 is 0 Å². The summed E-state index contributed by atoms with van der Waals surface area (Å²) in [5, 5.41) is 9.25. The summed E-state index contributed by atoms with van der Waals surface area (Å²) in [4.78, 5) is 11.0. The molecule has 0 bridgehead atoms. The molecule has 0 spiro atoms. The van der Waals surface area contributed by atoms with Crippen molar-refractivity contribution in [2.75, 3.05) is 40.3 Å². The van der Waals surface area contributed by atoms with Crippen molar-refractivity contribution in [3.8, 4) is 0 Å². The summed E-state index contributed by atoms with van der Waals surface area (Å²) >= 11 is 1.86. The fourth-order valence-electron chi connectivity index (χ4n) is 3.59. The zero-order chi connectivity index (χ0) is 17.6. The zero-order valence-electron chi connectivity index (χ0n) is 15.9. The van der Waals surface area contributed by atoms with Gasteiger partial charge in [-0.2, -0.15) is 0 Å². The maximum atomic E-state index is 4.42. The van der Waals surface area contributed by atoms with Crippen molar-refractivity contribution >= 4 is 17.3 Å². The summed E-state index contributed by atoms with van der Waals surface area (Å²) in [7, 11) is 4.10. The Labute approximate surface area is 156 Å². The predicted octanol–water partition coefficient (Wildman–Crippen LogP) is 2.53. The number of hydrogen-bond donors (Lipinski definition) is 2. The van der Waals surface area contributed by atoms with Gasteiger partial charge in [-0.15, -0.1) is 11.3 Å². The van der Waals surface area contributed by atoms with Crippen LogP contribution in [-0.2, 0) is 0 Å². The van der Waals surface area contributed by atoms with Crippen LogP contribution < -0.4 is 10.6 Å². The third-order valence-electron chi connectivity index (χ3n) is 5.52. The van der Waals surface area contributed by atoms with Gasteiger partial charge in [-0.25, -0.2) is 0 Å². The lowest BCUT2D eigenvalue weighted by Gasteiger charge is -2.28. The van der Waals surface area contributed by atoms with E-state index in [1.54, 1.807) is 0 Å². The van der Waals surface area contributed by atoms with Crippen molar-refractivity contribution < 1.29 is 0 Å². The van der Waals surface area contributed by atoms with Gasteiger partial charge in [0.1, 0.15) is 0 Å². The Balaban J connectivity index is 1.49. The van der Waals surface area contributed by atoms with Crippen molar-refractivity contribution in [2.45, 2.75) is 50.7 Å². The predicted molar refractivity (Wildman–Crippen MR) is 107 cm³/mol. The molecule has 25 heavy (non-hydrogen) atoms. The summed E-state index contributed by atoms with van der Waals surface area (Å²) in [6, 6.07) is 6.19. The van der Waals surface area contributed by atoms with E-state index < -0.39 is 0 Å². The normalized spacial score (nSPS) is 21.5. The maximum Gasteiger partial charge on any atom is 0.191 e. The minimum absolute atomic E-state index is 0.451. The molecule has 5 nitrogen and oxygen atoms in total. The van der Waals surface area contributed by atoms with Crippen LogP contribution in [-0.4, -0.2) is 68.1 Å². The van der Waals surface area contributed by atoms with Crippen molar-refractivity contribution in [1.82, 2.24) is 20.4 Å². The number of nitrogens with zero attached hydrogens (tertiary/aromatic N) is 3. The van der Waals surface area contributed by atoms with E-state index in [9.17, 15) is 0 Å². The van der Waals surface area contributed by atoms with E-state index in [1.165, 1.54) is 43.6 Å². The molecule has 2 unspecified atom stereocenters. The zero-order valence-corrected chi connectivity index (χ0v) is 16.7. The summed E-state index contributed by atoms with van der Waals surface area (Å²) < 4.78 is 0. The number of likely N-dealkylation sites (N-methyl/N-ethyl adjacent to an activating group) is 1. The molecule has 6 heteroatoms. The monoisotopic (exact) mass is 363 g/mol. The molecule has 1 aliphatic carbocycles. The molecule has 0 radical (unpaired) electrons. The Morgan fingerprint density at radius 3 is 2.64 bits per heavy atom. The molecule has 2 atom stereocenters. The van der Waals surface area contributed by atoms with Gasteiger partial charge in [0.2, 0.25) is 0 Å². The topological polar surface area (TPSA) is 42.9 Å². The van der Waals surface area contributed by atoms with Crippen LogP contribution in [0.15, 0.2) is 22.5 Å². The molecule has 3 rings (SSSR count). The molecule has 1 aliphatic heterocycles. The van der Waals surface area contributed by atoms with E-state index in [0.717, 1.165) is 25.1 Å². The number of aliphatic imine (C=N–C) groups is 1. The molecule has 0 aromatic carbocycles. The molecule has 2 fully saturated rings. The van der Waals surface area contributed by atoms with E-state index in [1.807, 2.05) is 18.4 Å². The third-order valence-corrected chi connectivity index (χ3v) is 6.50. The lowest BCUT2D eigenvalue weighted by atomic mass is 10.2. The summed E-state index contributed by atoms with van der Waals surface area (Å²) in [6.45, 7) is 6.54. The third kappa shape index (κ3) is 5.19. The molecule has 1 saturated heterocycles. The van der Waals surface area contributed by atoms with Crippen molar-refractivity contribution in [3.05, 3.63) is 22.4 Å². The van der Waals surface area contributed by atoms with Gasteiger partial charge in [-0.3, -0.25) is 14.8 Å². The van der Waals surface area contributed by atoms with Gasteiger partial charge >= 0.3 is 0 Å². The minimum atomic E-state index is 0.451. The molecule has 0 amide bonds. The van der Waals surface area contributed by atoms with Gasteiger partial charge in [0.25, 0.3) is 0 Å². The fourth-order valence-corrected chi connectivity index (χ4v) is 4.45. The van der Waals surface area contributed by atoms with E-state index in [2.05, 4.69) is 56.9 Å². The number of likely N-dealkylation sites (tertiary alicyclic amines) is 1. The highest BCUT2D eigenvalue weighted by molar-refractivity contribution is 7.10. The molecule has 1 aromatic heterocycles. The first-order valence-corrected chi connectivity index (χ1v) is 10.5. The van der Waals surface area contributed by atoms with Gasteiger partial charge in [0.05, 0.1) is 6.04 Å². The quantitative estimate of drug-likeness (QED) is 0.550. The molecule has 2 heterocycles. The van der Waals surface area contributed by atoms with Crippen LogP contribution in [0, 0.1) is 0 Å². The molecular weight excluding hydrogens is 330 g/mol. The smallest absolute Gasteiger partial charge is 0.191 e. The van der Waals surface area contributed by atoms with Crippen LogP contribution in [0.3, 0.4) is 0 Å². The highest BCUT2D eigenvalue weighted by Gasteiger charge is 2.29. The Kier molecular flexibility index (Phi) is 6.73. The van der Waals surface area contributed by atoms with E-state index in [0.29, 0.717) is 12.1 Å². The first kappa shape index (κ1) is 18.7. The van der Waals surface area contributed by atoms with Crippen LogP contribution >= 0.6 is 11.3 Å². The highest BCUT2D eigenvalue weighted by Crippen LogP contribution is 2.28. The number of hydrogen-bond acceptors (Lipinski definition) is 4. The Morgan fingerprint density at radius 1 is 1.32 bits per heavy atom. The first-order valence-electron chi connectivity index (χ1n) is 9.63. The van der Waals surface area contributed by atoms with Crippen molar-refractivity contribution in [3.63, 3.8) is 0 Å². The molecule has 2 aliphatic rings. The standard InChI is InChI=1S/C19H33N5S/c1-15(23(3)16-8-9-16)13-21-19(20-2)22-14-17(18-7-6-12-25-18)24-10-4-5-11-24/h6-7,12,15-17H,4-5,8-11,13-14H2,1-3H3,(H2,20,21,22). The van der Waals surface area contributed by atoms with Crippen LogP contribution in [0.25, 0.3) is 0 Å². The average molecular weight is 364 g/mol. The molecule has 1 aromatic rings. The molecule has 140 valence electrons. The summed E-state index contributed by atoms with van der Waals surface area (Å²) in [5.74, 6) is 0.914. The molecular formula is C19H33N5S. The Morgan fingerprint density at radius 2 is 2.04 bits per heavy atom. The number of rotatable bonds is 8. The highest BCUT2D eigenvalue weighted by atomic mass is 32.1. The Bertz CT molecular complexity index is 534. The lowest BCUT2D eigenvalue weighted by Crippen LogP contribution is -2.47. The minimum Gasteiger partial charge on any atom is -0.355 e. The van der Waals surface area contributed by atoms with Crippen LogP contribution in [0.5, 0.6) is 0 Å². The average Bonchev–Trinajstić information content (AvgIpc) is 3.10. The fraction of sp³-hybridized carbons (Fsp3) is 0.737. The summed E-state index contributed by atoms with van der Waals surface area (Å²) in [6.07, 6.45) is 5.35. The molecule has 2 N–H and O–H groups in total. The number of nitrogens with one attached hydrogen (secondary N) is 2. The van der Waals surface area contributed by atoms with Gasteiger partial charge in [-0.05, 0) is 64.2 Å². The van der Waals surface area contributed by atoms with E-state index in [-0.39, 0.29) is 0 Å². The van der Waals surface area contributed by atoms with Crippen LogP contribution in [0.1, 0.15) is 43.5 Å². The van der Waals surface area contributed by atoms with Gasteiger partial charge in [0, 0.05) is 37.1 Å². The molecule has 1 saturated carbocycles. The second-order valence-electron chi connectivity index (χ2n) is 7.35. The Hall–Kier alpha value is -1.11. The second kappa shape index (κ2) is 9.01. The van der Waals surface area contributed by atoms with Crippen LogP contribution in [0.2, 0.25) is 0 Å². The van der Waals surface area contributed by atoms with Crippen LogP contribution in [0.4, 0.5) is 0 Å². The van der Waals surface area contributed by atoms with Gasteiger partial charge < -0.3 is 10.6 Å².